The van der Waals surface area contributed by atoms with Gasteiger partial charge in [0.05, 0.1) is 6.61 Å². The zero-order valence-corrected chi connectivity index (χ0v) is 11.5. The van der Waals surface area contributed by atoms with E-state index in [1.165, 1.54) is 0 Å². The lowest BCUT2D eigenvalue weighted by molar-refractivity contribution is -0.138. The van der Waals surface area contributed by atoms with Gasteiger partial charge < -0.3 is 20.3 Å². The Morgan fingerprint density at radius 1 is 1.50 bits per heavy atom. The van der Waals surface area contributed by atoms with Gasteiger partial charge in [0.1, 0.15) is 5.54 Å². The fourth-order valence-corrected chi connectivity index (χ4v) is 2.89. The molecule has 0 radical (unpaired) electrons. The number of rotatable bonds is 3. The summed E-state index contributed by atoms with van der Waals surface area (Å²) in [5.41, 5.74) is 5.36. The Morgan fingerprint density at radius 3 is 2.67 bits per heavy atom. The summed E-state index contributed by atoms with van der Waals surface area (Å²) < 4.78 is 5.27. The third-order valence-corrected chi connectivity index (χ3v) is 4.35. The van der Waals surface area contributed by atoms with Crippen molar-refractivity contribution in [1.82, 2.24) is 9.80 Å². The van der Waals surface area contributed by atoms with Gasteiger partial charge in [-0.1, -0.05) is 6.92 Å². The number of likely N-dealkylation sites (tertiary alicyclic amines) is 1. The first kappa shape index (κ1) is 13.8. The number of hydrogen-bond acceptors (Lipinski definition) is 4. The minimum Gasteiger partial charge on any atom is -0.379 e. The van der Waals surface area contributed by atoms with Crippen molar-refractivity contribution in [2.75, 3.05) is 39.9 Å². The predicted octanol–water partition coefficient (Wildman–Crippen LogP) is 0.0469. The smallest absolute Gasteiger partial charge is 0.245 e. The van der Waals surface area contributed by atoms with Crippen LogP contribution in [0.25, 0.3) is 0 Å². The van der Waals surface area contributed by atoms with Gasteiger partial charge >= 0.3 is 0 Å². The highest BCUT2D eigenvalue weighted by atomic mass is 16.5. The van der Waals surface area contributed by atoms with Crippen LogP contribution in [0.1, 0.15) is 26.2 Å². The third-order valence-electron chi connectivity index (χ3n) is 4.35. The van der Waals surface area contributed by atoms with Gasteiger partial charge in [-0.2, -0.15) is 0 Å². The fourth-order valence-electron chi connectivity index (χ4n) is 2.89. The first-order valence-electron chi connectivity index (χ1n) is 6.93. The van der Waals surface area contributed by atoms with Crippen molar-refractivity contribution in [3.63, 3.8) is 0 Å². The van der Waals surface area contributed by atoms with Crippen LogP contribution in [0.3, 0.4) is 0 Å². The maximum Gasteiger partial charge on any atom is 0.245 e. The molecule has 1 unspecified atom stereocenters. The van der Waals surface area contributed by atoms with E-state index in [4.69, 9.17) is 10.5 Å². The number of nitrogens with zero attached hydrogens (tertiary/aromatic N) is 2. The molecule has 2 heterocycles. The van der Waals surface area contributed by atoms with Crippen molar-refractivity contribution in [2.24, 2.45) is 5.73 Å². The Balaban J connectivity index is 1.91. The lowest BCUT2D eigenvalue weighted by Gasteiger charge is -2.38. The van der Waals surface area contributed by atoms with E-state index in [-0.39, 0.29) is 5.91 Å². The second-order valence-electron chi connectivity index (χ2n) is 5.54. The maximum atomic E-state index is 12.4. The second kappa shape index (κ2) is 5.55. The van der Waals surface area contributed by atoms with E-state index < -0.39 is 5.54 Å². The highest BCUT2D eigenvalue weighted by Gasteiger charge is 2.41. The molecule has 2 rings (SSSR count). The molecule has 1 amide bonds. The first-order chi connectivity index (χ1) is 8.57. The number of carbonyl (C=O) groups is 1. The van der Waals surface area contributed by atoms with Crippen LogP contribution in [0.2, 0.25) is 0 Å². The van der Waals surface area contributed by atoms with Crippen molar-refractivity contribution in [3.8, 4) is 0 Å². The molecule has 2 aliphatic heterocycles. The monoisotopic (exact) mass is 255 g/mol. The Kier molecular flexibility index (Phi) is 4.25. The van der Waals surface area contributed by atoms with Crippen molar-refractivity contribution >= 4 is 5.91 Å². The summed E-state index contributed by atoms with van der Waals surface area (Å²) in [5.74, 6) is 0.0509. The summed E-state index contributed by atoms with van der Waals surface area (Å²) in [7, 11) is 1.89. The van der Waals surface area contributed by atoms with Gasteiger partial charge in [0.2, 0.25) is 5.91 Å². The molecule has 5 heteroatoms. The molecular weight excluding hydrogens is 230 g/mol. The summed E-state index contributed by atoms with van der Waals surface area (Å²) in [6, 6.07) is 0.335. The zero-order chi connectivity index (χ0) is 13.2. The normalized spacial score (nSPS) is 30.6. The van der Waals surface area contributed by atoms with Gasteiger partial charge in [0, 0.05) is 32.8 Å². The molecule has 2 fully saturated rings. The number of likely N-dealkylation sites (N-methyl/N-ethyl adjacent to an activating group) is 1. The average Bonchev–Trinajstić information content (AvgIpc) is 2.85. The van der Waals surface area contributed by atoms with Crippen LogP contribution in [-0.4, -0.2) is 67.2 Å². The molecule has 0 saturated carbocycles. The van der Waals surface area contributed by atoms with Crippen LogP contribution in [0.15, 0.2) is 0 Å². The molecule has 2 saturated heterocycles. The molecular formula is C13H25N3O2. The van der Waals surface area contributed by atoms with E-state index in [2.05, 4.69) is 11.8 Å². The summed E-state index contributed by atoms with van der Waals surface area (Å²) in [5, 5.41) is 0. The number of ether oxygens (including phenoxy) is 1. The van der Waals surface area contributed by atoms with Gasteiger partial charge in [-0.05, 0) is 25.8 Å². The Hall–Kier alpha value is -0.650. The Bertz CT molecular complexity index is 295. The summed E-state index contributed by atoms with van der Waals surface area (Å²) >= 11 is 0. The average molecular weight is 255 g/mol. The number of amides is 1. The molecule has 1 atom stereocenters. The standard InChI is InChI=1S/C13H25N3O2/c1-3-16-7-4-11(5-8-16)15(2)12(17)13(14)6-9-18-10-13/h11H,3-10,14H2,1-2H3. The zero-order valence-electron chi connectivity index (χ0n) is 11.5. The highest BCUT2D eigenvalue weighted by molar-refractivity contribution is 5.86. The number of nitrogens with two attached hydrogens (primary N) is 1. The minimum atomic E-state index is -0.781. The van der Waals surface area contributed by atoms with Crippen LogP contribution in [0.4, 0.5) is 0 Å². The Morgan fingerprint density at radius 2 is 2.17 bits per heavy atom. The quantitative estimate of drug-likeness (QED) is 0.774. The van der Waals surface area contributed by atoms with E-state index >= 15 is 0 Å². The van der Waals surface area contributed by atoms with Crippen LogP contribution >= 0.6 is 0 Å². The number of hydrogen-bond donors (Lipinski definition) is 1. The molecule has 0 spiro atoms. The summed E-state index contributed by atoms with van der Waals surface area (Å²) in [4.78, 5) is 16.7. The molecule has 0 aromatic rings. The van der Waals surface area contributed by atoms with E-state index in [0.29, 0.717) is 25.7 Å². The van der Waals surface area contributed by atoms with Gasteiger partial charge in [-0.3, -0.25) is 4.79 Å². The van der Waals surface area contributed by atoms with Gasteiger partial charge in [0.25, 0.3) is 0 Å². The number of piperidine rings is 1. The van der Waals surface area contributed by atoms with Crippen LogP contribution < -0.4 is 5.73 Å². The topological polar surface area (TPSA) is 58.8 Å². The fraction of sp³-hybridized carbons (Fsp3) is 0.923. The van der Waals surface area contributed by atoms with Crippen molar-refractivity contribution in [2.45, 2.75) is 37.8 Å². The first-order valence-corrected chi connectivity index (χ1v) is 6.93. The van der Waals surface area contributed by atoms with Crippen LogP contribution in [0.5, 0.6) is 0 Å². The molecule has 2 aliphatic rings. The van der Waals surface area contributed by atoms with Crippen molar-refractivity contribution < 1.29 is 9.53 Å². The molecule has 5 nitrogen and oxygen atoms in total. The molecule has 0 bridgehead atoms. The molecule has 18 heavy (non-hydrogen) atoms. The van der Waals surface area contributed by atoms with Crippen molar-refractivity contribution in [1.29, 1.82) is 0 Å². The van der Waals surface area contributed by atoms with Gasteiger partial charge in [0.15, 0.2) is 0 Å². The van der Waals surface area contributed by atoms with Crippen LogP contribution in [0, 0.1) is 0 Å². The van der Waals surface area contributed by atoms with Crippen LogP contribution in [-0.2, 0) is 9.53 Å². The molecule has 0 aromatic heterocycles. The molecule has 0 aliphatic carbocycles. The second-order valence-corrected chi connectivity index (χ2v) is 5.54. The third kappa shape index (κ3) is 2.68. The van der Waals surface area contributed by atoms with E-state index in [0.717, 1.165) is 32.5 Å². The predicted molar refractivity (Wildman–Crippen MR) is 70.3 cm³/mol. The lowest BCUT2D eigenvalue weighted by Crippen LogP contribution is -2.58. The largest absolute Gasteiger partial charge is 0.379 e. The minimum absolute atomic E-state index is 0.0509. The summed E-state index contributed by atoms with van der Waals surface area (Å²) in [6.45, 7) is 6.40. The van der Waals surface area contributed by atoms with E-state index in [9.17, 15) is 4.79 Å². The SMILES string of the molecule is CCN1CCC(N(C)C(=O)C2(N)CCOC2)CC1. The van der Waals surface area contributed by atoms with Crippen molar-refractivity contribution in [3.05, 3.63) is 0 Å². The van der Waals surface area contributed by atoms with E-state index in [1.54, 1.807) is 0 Å². The number of carbonyl (C=O) groups excluding carboxylic acids is 1. The van der Waals surface area contributed by atoms with Gasteiger partial charge in [-0.15, -0.1) is 0 Å². The molecule has 104 valence electrons. The maximum absolute atomic E-state index is 12.4. The molecule has 2 N–H and O–H groups in total. The highest BCUT2D eigenvalue weighted by Crippen LogP contribution is 2.22. The summed E-state index contributed by atoms with van der Waals surface area (Å²) in [6.07, 6.45) is 2.74. The lowest BCUT2D eigenvalue weighted by atomic mass is 9.95. The van der Waals surface area contributed by atoms with E-state index in [1.807, 2.05) is 11.9 Å². The Labute approximate surface area is 109 Å². The van der Waals surface area contributed by atoms with Gasteiger partial charge in [-0.25, -0.2) is 0 Å². The molecule has 0 aromatic carbocycles.